The number of amides is 2. The molecule has 0 aliphatic rings. The van der Waals surface area contributed by atoms with Crippen LogP contribution in [0, 0.1) is 11.2 Å². The van der Waals surface area contributed by atoms with Crippen molar-refractivity contribution in [1.29, 1.82) is 0 Å². The van der Waals surface area contributed by atoms with Crippen LogP contribution in [0.1, 0.15) is 25.0 Å². The second-order valence-electron chi connectivity index (χ2n) is 6.43. The zero-order chi connectivity index (χ0) is 19.2. The van der Waals surface area contributed by atoms with Gasteiger partial charge in [-0.05, 0) is 37.6 Å². The number of ether oxygens (including phenoxy) is 1. The number of carbonyl (C=O) groups is 2. The van der Waals surface area contributed by atoms with Crippen molar-refractivity contribution in [2.24, 2.45) is 5.41 Å². The zero-order valence-electron chi connectivity index (χ0n) is 15.1. The van der Waals surface area contributed by atoms with Crippen LogP contribution in [0.2, 0.25) is 0 Å². The maximum absolute atomic E-state index is 12.9. The van der Waals surface area contributed by atoms with E-state index < -0.39 is 11.3 Å². The summed E-state index contributed by atoms with van der Waals surface area (Å²) in [5.74, 6) is -0.457. The quantitative estimate of drug-likeness (QED) is 0.748. The smallest absolute Gasteiger partial charge is 0.235 e. The number of methoxy groups -OCH3 is 1. The molecule has 0 spiro atoms. The van der Waals surface area contributed by atoms with Gasteiger partial charge in [-0.1, -0.05) is 30.3 Å². The van der Waals surface area contributed by atoms with E-state index in [9.17, 15) is 14.0 Å². The van der Waals surface area contributed by atoms with E-state index in [-0.39, 0.29) is 24.8 Å². The lowest BCUT2D eigenvalue weighted by Crippen LogP contribution is -2.47. The minimum Gasteiger partial charge on any atom is -0.496 e. The van der Waals surface area contributed by atoms with Crippen LogP contribution in [0.5, 0.6) is 5.75 Å². The van der Waals surface area contributed by atoms with Crippen molar-refractivity contribution in [2.75, 3.05) is 7.11 Å². The molecule has 0 atom stereocenters. The van der Waals surface area contributed by atoms with Gasteiger partial charge in [0.15, 0.2) is 0 Å². The Balaban J connectivity index is 1.93. The highest BCUT2D eigenvalue weighted by Crippen LogP contribution is 2.19. The van der Waals surface area contributed by atoms with Gasteiger partial charge in [0.2, 0.25) is 11.8 Å². The zero-order valence-corrected chi connectivity index (χ0v) is 15.1. The van der Waals surface area contributed by atoms with E-state index in [0.29, 0.717) is 5.75 Å². The summed E-state index contributed by atoms with van der Waals surface area (Å²) in [6, 6.07) is 13.2. The van der Waals surface area contributed by atoms with Crippen LogP contribution in [-0.4, -0.2) is 18.9 Å². The lowest BCUT2D eigenvalue weighted by molar-refractivity contribution is -0.141. The molecular formula is C20H23FN2O3. The normalized spacial score (nSPS) is 10.9. The molecule has 2 N–H and O–H groups in total. The molecular weight excluding hydrogens is 335 g/mol. The third kappa shape index (κ3) is 4.81. The molecule has 138 valence electrons. The van der Waals surface area contributed by atoms with Crippen molar-refractivity contribution in [3.05, 3.63) is 65.5 Å². The lowest BCUT2D eigenvalue weighted by Gasteiger charge is -2.23. The van der Waals surface area contributed by atoms with Crippen LogP contribution in [0.15, 0.2) is 48.5 Å². The molecule has 2 aromatic rings. The third-order valence-electron chi connectivity index (χ3n) is 4.13. The van der Waals surface area contributed by atoms with Crippen molar-refractivity contribution in [2.45, 2.75) is 26.9 Å². The van der Waals surface area contributed by atoms with E-state index >= 15 is 0 Å². The molecule has 0 aliphatic carbocycles. The summed E-state index contributed by atoms with van der Waals surface area (Å²) < 4.78 is 18.2. The van der Waals surface area contributed by atoms with Crippen LogP contribution in [0.25, 0.3) is 0 Å². The molecule has 0 saturated heterocycles. The first-order chi connectivity index (χ1) is 12.3. The molecule has 0 aliphatic heterocycles. The number of para-hydroxylation sites is 1. The van der Waals surface area contributed by atoms with Crippen molar-refractivity contribution < 1.29 is 18.7 Å². The minimum atomic E-state index is -1.25. The van der Waals surface area contributed by atoms with Crippen LogP contribution in [0.4, 0.5) is 4.39 Å². The fourth-order valence-electron chi connectivity index (χ4n) is 2.35. The Labute approximate surface area is 152 Å². The van der Waals surface area contributed by atoms with Gasteiger partial charge < -0.3 is 15.4 Å². The topological polar surface area (TPSA) is 67.4 Å². The van der Waals surface area contributed by atoms with Gasteiger partial charge in [0.25, 0.3) is 0 Å². The number of hydrogen-bond acceptors (Lipinski definition) is 3. The maximum atomic E-state index is 12.9. The predicted octanol–water partition coefficient (Wildman–Crippen LogP) is 2.79. The molecule has 26 heavy (non-hydrogen) atoms. The molecule has 0 heterocycles. The summed E-state index contributed by atoms with van der Waals surface area (Å²) in [6.07, 6.45) is 0. The minimum absolute atomic E-state index is 0.225. The van der Waals surface area contributed by atoms with E-state index in [2.05, 4.69) is 10.6 Å². The van der Waals surface area contributed by atoms with Gasteiger partial charge in [0.05, 0.1) is 7.11 Å². The highest BCUT2D eigenvalue weighted by molar-refractivity contribution is 6.04. The number of rotatable bonds is 7. The molecule has 5 nitrogen and oxygen atoms in total. The van der Waals surface area contributed by atoms with Crippen LogP contribution < -0.4 is 15.4 Å². The first-order valence-corrected chi connectivity index (χ1v) is 8.27. The van der Waals surface area contributed by atoms with Crippen LogP contribution in [-0.2, 0) is 22.7 Å². The van der Waals surface area contributed by atoms with Gasteiger partial charge in [-0.3, -0.25) is 9.59 Å². The summed E-state index contributed by atoms with van der Waals surface area (Å²) in [5, 5.41) is 5.48. The van der Waals surface area contributed by atoms with Gasteiger partial charge in [-0.15, -0.1) is 0 Å². The van der Waals surface area contributed by atoms with Gasteiger partial charge in [0, 0.05) is 18.7 Å². The molecule has 2 aromatic carbocycles. The first kappa shape index (κ1) is 19.4. The third-order valence-corrected chi connectivity index (χ3v) is 4.13. The molecule has 0 saturated carbocycles. The highest BCUT2D eigenvalue weighted by Gasteiger charge is 2.35. The maximum Gasteiger partial charge on any atom is 0.235 e. The molecule has 0 fully saturated rings. The molecule has 0 bridgehead atoms. The standard InChI is InChI=1S/C20H23FN2O3/c1-20(2,18(24)22-12-14-8-10-16(21)11-9-14)19(25)23-13-15-6-4-5-7-17(15)26-3/h4-11H,12-13H2,1-3H3,(H,22,24)(H,23,25). The van der Waals surface area contributed by atoms with Crippen molar-refractivity contribution in [3.8, 4) is 5.75 Å². The Bertz CT molecular complexity index is 773. The molecule has 6 heteroatoms. The number of hydrogen-bond donors (Lipinski definition) is 2. The largest absolute Gasteiger partial charge is 0.496 e. The predicted molar refractivity (Wildman–Crippen MR) is 96.9 cm³/mol. The molecule has 0 radical (unpaired) electrons. The molecule has 2 amide bonds. The van der Waals surface area contributed by atoms with Gasteiger partial charge in [0.1, 0.15) is 17.0 Å². The Hall–Kier alpha value is -2.89. The molecule has 2 rings (SSSR count). The first-order valence-electron chi connectivity index (χ1n) is 8.27. The van der Waals surface area contributed by atoms with E-state index in [1.165, 1.54) is 12.1 Å². The number of benzene rings is 2. The summed E-state index contributed by atoms with van der Waals surface area (Å²) in [7, 11) is 1.56. The van der Waals surface area contributed by atoms with E-state index in [0.717, 1.165) is 11.1 Å². The van der Waals surface area contributed by atoms with E-state index in [1.54, 1.807) is 33.1 Å². The van der Waals surface area contributed by atoms with Crippen molar-refractivity contribution in [1.82, 2.24) is 10.6 Å². The summed E-state index contributed by atoms with van der Waals surface area (Å²) >= 11 is 0. The van der Waals surface area contributed by atoms with Gasteiger partial charge in [-0.2, -0.15) is 0 Å². The Morgan fingerprint density at radius 1 is 0.962 bits per heavy atom. The number of nitrogens with one attached hydrogen (secondary N) is 2. The fraction of sp³-hybridized carbons (Fsp3) is 0.300. The van der Waals surface area contributed by atoms with Gasteiger partial charge in [-0.25, -0.2) is 4.39 Å². The lowest BCUT2D eigenvalue weighted by atomic mass is 9.91. The Morgan fingerprint density at radius 3 is 2.15 bits per heavy atom. The van der Waals surface area contributed by atoms with Crippen molar-refractivity contribution >= 4 is 11.8 Å². The average Bonchev–Trinajstić information content (AvgIpc) is 2.65. The fourth-order valence-corrected chi connectivity index (χ4v) is 2.35. The molecule has 0 unspecified atom stereocenters. The summed E-state index contributed by atoms with van der Waals surface area (Å²) in [5.41, 5.74) is 0.332. The average molecular weight is 358 g/mol. The van der Waals surface area contributed by atoms with Gasteiger partial charge >= 0.3 is 0 Å². The number of carbonyl (C=O) groups excluding carboxylic acids is 2. The van der Waals surface area contributed by atoms with Crippen LogP contribution in [0.3, 0.4) is 0 Å². The SMILES string of the molecule is COc1ccccc1CNC(=O)C(C)(C)C(=O)NCc1ccc(F)cc1. The highest BCUT2D eigenvalue weighted by atomic mass is 19.1. The Morgan fingerprint density at radius 2 is 1.54 bits per heavy atom. The summed E-state index contributed by atoms with van der Waals surface area (Å²) in [4.78, 5) is 24.9. The number of halogens is 1. The van der Waals surface area contributed by atoms with E-state index in [4.69, 9.17) is 4.74 Å². The second-order valence-corrected chi connectivity index (χ2v) is 6.43. The van der Waals surface area contributed by atoms with E-state index in [1.807, 2.05) is 24.3 Å². The monoisotopic (exact) mass is 358 g/mol. The second kappa shape index (κ2) is 8.47. The summed E-state index contributed by atoms with van der Waals surface area (Å²) in [6.45, 7) is 3.61. The Kier molecular flexibility index (Phi) is 6.33. The van der Waals surface area contributed by atoms with Crippen molar-refractivity contribution in [3.63, 3.8) is 0 Å². The van der Waals surface area contributed by atoms with Crippen LogP contribution >= 0.6 is 0 Å². The molecule has 0 aromatic heterocycles.